The van der Waals surface area contributed by atoms with Crippen LogP contribution in [-0.2, 0) is 11.3 Å². The molecule has 1 aromatic heterocycles. The number of carbonyl (C=O) groups is 1. The summed E-state index contributed by atoms with van der Waals surface area (Å²) in [6.45, 7) is 0.472. The van der Waals surface area contributed by atoms with E-state index in [1.54, 1.807) is 23.3 Å². The zero-order valence-electron chi connectivity index (χ0n) is 11.6. The summed E-state index contributed by atoms with van der Waals surface area (Å²) < 4.78 is 39.8. The molecule has 8 heteroatoms. The molecule has 0 bridgehead atoms. The fourth-order valence-electron chi connectivity index (χ4n) is 2.52. The van der Waals surface area contributed by atoms with Crippen LogP contribution in [0, 0.1) is 0 Å². The number of rotatable bonds is 5. The molecule has 1 aromatic rings. The minimum absolute atomic E-state index is 0.0520. The average Bonchev–Trinajstić information content (AvgIpc) is 2.95. The number of nitrogens with zero attached hydrogens (tertiary/aromatic N) is 3. The Morgan fingerprint density at radius 2 is 2.10 bits per heavy atom. The van der Waals surface area contributed by atoms with E-state index >= 15 is 0 Å². The first kappa shape index (κ1) is 15.8. The topological polar surface area (TPSA) is 50.2 Å². The van der Waals surface area contributed by atoms with Crippen molar-refractivity contribution in [2.75, 3.05) is 19.6 Å². The van der Waals surface area contributed by atoms with E-state index in [1.165, 1.54) is 0 Å². The van der Waals surface area contributed by atoms with E-state index in [0.29, 0.717) is 32.5 Å². The molecule has 1 N–H and O–H groups in total. The number of hydrogen-bond acceptors (Lipinski definition) is 3. The van der Waals surface area contributed by atoms with Gasteiger partial charge in [0.05, 0.1) is 6.33 Å². The minimum Gasteiger partial charge on any atom is -0.337 e. The van der Waals surface area contributed by atoms with Gasteiger partial charge in [0.15, 0.2) is 0 Å². The molecule has 0 aliphatic carbocycles. The summed E-state index contributed by atoms with van der Waals surface area (Å²) >= 11 is 0. The van der Waals surface area contributed by atoms with Gasteiger partial charge in [-0.15, -0.1) is 0 Å². The molecule has 0 saturated carbocycles. The van der Waals surface area contributed by atoms with Crippen molar-refractivity contribution in [1.82, 2.24) is 19.8 Å². The largest absolute Gasteiger partial charge is 0.406 e. The summed E-state index contributed by atoms with van der Waals surface area (Å²) in [5, 5.41) is 3.09. The van der Waals surface area contributed by atoms with Crippen LogP contribution < -0.4 is 5.32 Å². The lowest BCUT2D eigenvalue weighted by atomic mass is 10.0. The van der Waals surface area contributed by atoms with Crippen molar-refractivity contribution in [2.24, 2.45) is 0 Å². The molecule has 0 aromatic carbocycles. The molecular weight excluding hydrogens is 285 g/mol. The smallest absolute Gasteiger partial charge is 0.337 e. The third kappa shape index (κ3) is 5.04. The van der Waals surface area contributed by atoms with Crippen LogP contribution in [0.4, 0.5) is 13.2 Å². The number of hydrogen-bond donors (Lipinski definition) is 1. The molecule has 1 saturated heterocycles. The summed E-state index contributed by atoms with van der Waals surface area (Å²) in [5.41, 5.74) is 0. The molecule has 2 rings (SSSR count). The van der Waals surface area contributed by atoms with Crippen LogP contribution in [0.5, 0.6) is 0 Å². The first-order chi connectivity index (χ1) is 9.96. The molecule has 0 radical (unpaired) electrons. The van der Waals surface area contributed by atoms with Crippen molar-refractivity contribution < 1.29 is 18.0 Å². The number of imidazole rings is 1. The Balaban J connectivity index is 1.97. The molecule has 0 unspecified atom stereocenters. The maximum atomic E-state index is 12.7. The Morgan fingerprint density at radius 3 is 2.67 bits per heavy atom. The molecule has 118 valence electrons. The van der Waals surface area contributed by atoms with Gasteiger partial charge >= 0.3 is 6.18 Å². The minimum atomic E-state index is -4.37. The highest BCUT2D eigenvalue weighted by molar-refractivity contribution is 5.76. The highest BCUT2D eigenvalue weighted by atomic mass is 19.4. The van der Waals surface area contributed by atoms with Gasteiger partial charge in [0.25, 0.3) is 0 Å². The average molecular weight is 304 g/mol. The summed E-state index contributed by atoms with van der Waals surface area (Å²) in [6, 6.07) is -0.330. The summed E-state index contributed by atoms with van der Waals surface area (Å²) in [7, 11) is 0. The standard InChI is InChI=1S/C13H19F3N4O/c14-13(15,16)9-20(11-1-4-17-5-2-11)12(21)3-7-19-8-6-18-10-19/h6,8,10-11,17H,1-5,7,9H2. The van der Waals surface area contributed by atoms with Crippen molar-refractivity contribution in [3.8, 4) is 0 Å². The van der Waals surface area contributed by atoms with Crippen LogP contribution in [0.2, 0.25) is 0 Å². The van der Waals surface area contributed by atoms with E-state index in [2.05, 4.69) is 10.3 Å². The second-order valence-corrected chi connectivity index (χ2v) is 5.17. The number of halogens is 3. The Hall–Kier alpha value is -1.57. The van der Waals surface area contributed by atoms with Crippen molar-refractivity contribution in [3.63, 3.8) is 0 Å². The van der Waals surface area contributed by atoms with Gasteiger partial charge in [0.2, 0.25) is 5.91 Å². The Kier molecular flexibility index (Phi) is 5.22. The zero-order chi connectivity index (χ0) is 15.3. The quantitative estimate of drug-likeness (QED) is 0.895. The fourth-order valence-corrected chi connectivity index (χ4v) is 2.52. The van der Waals surface area contributed by atoms with Gasteiger partial charge in [-0.1, -0.05) is 0 Å². The molecule has 0 spiro atoms. The van der Waals surface area contributed by atoms with Crippen LogP contribution in [0.3, 0.4) is 0 Å². The lowest BCUT2D eigenvalue weighted by Crippen LogP contribution is -2.49. The van der Waals surface area contributed by atoms with Gasteiger partial charge in [0.1, 0.15) is 6.54 Å². The van der Waals surface area contributed by atoms with Crippen LogP contribution in [-0.4, -0.2) is 52.2 Å². The number of aryl methyl sites for hydroxylation is 1. The van der Waals surface area contributed by atoms with Crippen molar-refractivity contribution in [2.45, 2.75) is 38.0 Å². The third-order valence-corrected chi connectivity index (χ3v) is 3.56. The lowest BCUT2D eigenvalue weighted by molar-refractivity contribution is -0.166. The third-order valence-electron chi connectivity index (χ3n) is 3.56. The van der Waals surface area contributed by atoms with E-state index in [-0.39, 0.29) is 12.5 Å². The Morgan fingerprint density at radius 1 is 1.38 bits per heavy atom. The number of nitrogens with one attached hydrogen (secondary N) is 1. The normalized spacial score (nSPS) is 16.9. The van der Waals surface area contributed by atoms with E-state index < -0.39 is 18.6 Å². The first-order valence-corrected chi connectivity index (χ1v) is 6.98. The summed E-state index contributed by atoms with van der Waals surface area (Å²) in [5.74, 6) is -0.451. The van der Waals surface area contributed by atoms with E-state index in [4.69, 9.17) is 0 Å². The number of aromatic nitrogens is 2. The molecule has 21 heavy (non-hydrogen) atoms. The highest BCUT2D eigenvalue weighted by Crippen LogP contribution is 2.22. The lowest BCUT2D eigenvalue weighted by Gasteiger charge is -2.35. The highest BCUT2D eigenvalue weighted by Gasteiger charge is 2.36. The number of alkyl halides is 3. The maximum Gasteiger partial charge on any atom is 0.406 e. The van der Waals surface area contributed by atoms with Crippen LogP contribution in [0.1, 0.15) is 19.3 Å². The van der Waals surface area contributed by atoms with Gasteiger partial charge in [-0.3, -0.25) is 4.79 Å². The molecule has 0 atom stereocenters. The molecule has 5 nitrogen and oxygen atoms in total. The van der Waals surface area contributed by atoms with E-state index in [0.717, 1.165) is 4.90 Å². The predicted molar refractivity (Wildman–Crippen MR) is 70.5 cm³/mol. The summed E-state index contributed by atoms with van der Waals surface area (Å²) in [4.78, 5) is 17.0. The Bertz CT molecular complexity index is 441. The van der Waals surface area contributed by atoms with E-state index in [9.17, 15) is 18.0 Å². The number of piperidine rings is 1. The van der Waals surface area contributed by atoms with Gasteiger partial charge in [0, 0.05) is 31.4 Å². The molecule has 2 heterocycles. The molecular formula is C13H19F3N4O. The Labute approximate surface area is 121 Å². The second-order valence-electron chi connectivity index (χ2n) is 5.17. The maximum absolute atomic E-state index is 12.7. The van der Waals surface area contributed by atoms with Crippen molar-refractivity contribution in [1.29, 1.82) is 0 Å². The molecule has 1 amide bonds. The predicted octanol–water partition coefficient (Wildman–Crippen LogP) is 1.42. The van der Waals surface area contributed by atoms with Crippen molar-refractivity contribution >= 4 is 5.91 Å². The van der Waals surface area contributed by atoms with Crippen LogP contribution in [0.25, 0.3) is 0 Å². The number of amides is 1. The summed E-state index contributed by atoms with van der Waals surface area (Å²) in [6.07, 6.45) is 1.62. The van der Waals surface area contributed by atoms with Crippen LogP contribution >= 0.6 is 0 Å². The second kappa shape index (κ2) is 6.93. The van der Waals surface area contributed by atoms with Gasteiger partial charge in [-0.25, -0.2) is 4.98 Å². The van der Waals surface area contributed by atoms with Gasteiger partial charge in [-0.2, -0.15) is 13.2 Å². The molecule has 1 aliphatic heterocycles. The van der Waals surface area contributed by atoms with Crippen LogP contribution in [0.15, 0.2) is 18.7 Å². The SMILES string of the molecule is O=C(CCn1ccnc1)N(CC(F)(F)F)C1CCNCC1. The van der Waals surface area contributed by atoms with Gasteiger partial charge in [-0.05, 0) is 25.9 Å². The monoisotopic (exact) mass is 304 g/mol. The number of carbonyl (C=O) groups excluding carboxylic acids is 1. The molecule has 1 aliphatic rings. The fraction of sp³-hybridized carbons (Fsp3) is 0.692. The van der Waals surface area contributed by atoms with Crippen molar-refractivity contribution in [3.05, 3.63) is 18.7 Å². The molecule has 1 fully saturated rings. The van der Waals surface area contributed by atoms with E-state index in [1.807, 2.05) is 0 Å². The van der Waals surface area contributed by atoms with Gasteiger partial charge < -0.3 is 14.8 Å². The first-order valence-electron chi connectivity index (χ1n) is 6.98. The zero-order valence-corrected chi connectivity index (χ0v) is 11.6.